The standard InChI is InChI=1S/C19H25N3O5/c20-15-6-7-22(18(15)24)16(19(25)21-8-10-26-11-9-21)12-17(23)27-13-14-4-2-1-3-5-14/h1-5,15-16H,6-13,20H2/t15-,16-/m0/s1. The fraction of sp³-hybridized carbons (Fsp3) is 0.526. The zero-order chi connectivity index (χ0) is 19.2. The van der Waals surface area contributed by atoms with E-state index in [1.165, 1.54) is 4.90 Å². The van der Waals surface area contributed by atoms with E-state index in [4.69, 9.17) is 15.2 Å². The molecule has 27 heavy (non-hydrogen) atoms. The molecule has 0 spiro atoms. The van der Waals surface area contributed by atoms with Gasteiger partial charge in [-0.05, 0) is 12.0 Å². The number of likely N-dealkylation sites (tertiary alicyclic amines) is 1. The molecule has 0 radical (unpaired) electrons. The summed E-state index contributed by atoms with van der Waals surface area (Å²) in [7, 11) is 0. The van der Waals surface area contributed by atoms with Crippen LogP contribution in [0.15, 0.2) is 30.3 Å². The number of carbonyl (C=O) groups excluding carboxylic acids is 3. The van der Waals surface area contributed by atoms with Crippen LogP contribution in [0.1, 0.15) is 18.4 Å². The van der Waals surface area contributed by atoms with Crippen molar-refractivity contribution in [1.29, 1.82) is 0 Å². The van der Waals surface area contributed by atoms with Crippen molar-refractivity contribution in [3.05, 3.63) is 35.9 Å². The molecule has 2 fully saturated rings. The van der Waals surface area contributed by atoms with E-state index >= 15 is 0 Å². The Morgan fingerprint density at radius 2 is 1.89 bits per heavy atom. The Morgan fingerprint density at radius 3 is 2.52 bits per heavy atom. The zero-order valence-electron chi connectivity index (χ0n) is 15.2. The summed E-state index contributed by atoms with van der Waals surface area (Å²) < 4.78 is 10.6. The number of carbonyl (C=O) groups is 3. The Labute approximate surface area is 158 Å². The van der Waals surface area contributed by atoms with E-state index in [-0.39, 0.29) is 24.8 Å². The van der Waals surface area contributed by atoms with Crippen LogP contribution in [0, 0.1) is 0 Å². The van der Waals surface area contributed by atoms with Crippen molar-refractivity contribution in [2.45, 2.75) is 31.5 Å². The van der Waals surface area contributed by atoms with Crippen molar-refractivity contribution in [2.75, 3.05) is 32.8 Å². The van der Waals surface area contributed by atoms with Crippen molar-refractivity contribution in [3.8, 4) is 0 Å². The number of hydrogen-bond acceptors (Lipinski definition) is 6. The second-order valence-electron chi connectivity index (χ2n) is 6.73. The highest BCUT2D eigenvalue weighted by Crippen LogP contribution is 2.19. The topological polar surface area (TPSA) is 102 Å². The summed E-state index contributed by atoms with van der Waals surface area (Å²) in [6.07, 6.45) is 0.298. The highest BCUT2D eigenvalue weighted by molar-refractivity contribution is 5.93. The summed E-state index contributed by atoms with van der Waals surface area (Å²) in [5.41, 5.74) is 6.66. The molecule has 2 aliphatic rings. The minimum atomic E-state index is -0.882. The largest absolute Gasteiger partial charge is 0.461 e. The van der Waals surface area contributed by atoms with Gasteiger partial charge in [-0.25, -0.2) is 0 Å². The first-order valence-corrected chi connectivity index (χ1v) is 9.18. The molecule has 2 N–H and O–H groups in total. The van der Waals surface area contributed by atoms with Crippen molar-refractivity contribution >= 4 is 17.8 Å². The van der Waals surface area contributed by atoms with Gasteiger partial charge in [0, 0.05) is 19.6 Å². The molecule has 2 saturated heterocycles. The van der Waals surface area contributed by atoms with Gasteiger partial charge in [0.05, 0.1) is 25.7 Å². The molecule has 2 atom stereocenters. The lowest BCUT2D eigenvalue weighted by atomic mass is 10.1. The fourth-order valence-corrected chi connectivity index (χ4v) is 3.31. The number of nitrogens with zero attached hydrogens (tertiary/aromatic N) is 2. The average Bonchev–Trinajstić information content (AvgIpc) is 3.04. The van der Waals surface area contributed by atoms with Crippen LogP contribution in [-0.2, 0) is 30.5 Å². The molecule has 146 valence electrons. The molecule has 2 heterocycles. The molecular formula is C19H25N3O5. The molecule has 2 aliphatic heterocycles. The number of nitrogens with two attached hydrogens (primary N) is 1. The van der Waals surface area contributed by atoms with Crippen LogP contribution in [0.25, 0.3) is 0 Å². The van der Waals surface area contributed by atoms with E-state index < -0.39 is 18.1 Å². The molecular weight excluding hydrogens is 350 g/mol. The molecule has 1 aromatic carbocycles. The highest BCUT2D eigenvalue weighted by Gasteiger charge is 2.40. The second kappa shape index (κ2) is 8.96. The third-order valence-electron chi connectivity index (χ3n) is 4.87. The summed E-state index contributed by atoms with van der Waals surface area (Å²) in [5, 5.41) is 0. The van der Waals surface area contributed by atoms with Crippen molar-refractivity contribution in [3.63, 3.8) is 0 Å². The highest BCUT2D eigenvalue weighted by atomic mass is 16.5. The van der Waals surface area contributed by atoms with Gasteiger partial charge in [-0.1, -0.05) is 30.3 Å². The lowest BCUT2D eigenvalue weighted by molar-refractivity contribution is -0.154. The van der Waals surface area contributed by atoms with Gasteiger partial charge in [0.1, 0.15) is 12.6 Å². The maximum atomic E-state index is 13.0. The Hall–Kier alpha value is -2.45. The molecule has 0 aliphatic carbocycles. The van der Waals surface area contributed by atoms with Gasteiger partial charge < -0.3 is 25.0 Å². The van der Waals surface area contributed by atoms with Crippen molar-refractivity contribution in [2.24, 2.45) is 5.73 Å². The predicted molar refractivity (Wildman–Crippen MR) is 96.3 cm³/mol. The van der Waals surface area contributed by atoms with E-state index in [1.54, 1.807) is 4.90 Å². The van der Waals surface area contributed by atoms with E-state index in [2.05, 4.69) is 0 Å². The van der Waals surface area contributed by atoms with Crippen LogP contribution in [0.4, 0.5) is 0 Å². The summed E-state index contributed by atoms with van der Waals surface area (Å²) in [5.74, 6) is -1.06. The zero-order valence-corrected chi connectivity index (χ0v) is 15.2. The van der Waals surface area contributed by atoms with Gasteiger partial charge in [-0.2, -0.15) is 0 Å². The Balaban J connectivity index is 1.66. The Bertz CT molecular complexity index is 675. The summed E-state index contributed by atoms with van der Waals surface area (Å²) in [6, 6.07) is 7.80. The predicted octanol–water partition coefficient (Wildman–Crippen LogP) is -0.0931. The van der Waals surface area contributed by atoms with Crippen LogP contribution < -0.4 is 5.73 Å². The molecule has 0 unspecified atom stereocenters. The van der Waals surface area contributed by atoms with Crippen molar-refractivity contribution in [1.82, 2.24) is 9.80 Å². The van der Waals surface area contributed by atoms with Gasteiger partial charge in [0.15, 0.2) is 0 Å². The van der Waals surface area contributed by atoms with Crippen LogP contribution in [0.3, 0.4) is 0 Å². The normalized spacial score (nSPS) is 21.2. The van der Waals surface area contributed by atoms with E-state index in [0.29, 0.717) is 39.3 Å². The number of hydrogen-bond donors (Lipinski definition) is 1. The molecule has 0 aromatic heterocycles. The lowest BCUT2D eigenvalue weighted by Gasteiger charge is -2.34. The quantitative estimate of drug-likeness (QED) is 0.697. The van der Waals surface area contributed by atoms with Gasteiger partial charge in [0.25, 0.3) is 0 Å². The molecule has 0 bridgehead atoms. The number of rotatable bonds is 6. The van der Waals surface area contributed by atoms with E-state index in [1.807, 2.05) is 30.3 Å². The third-order valence-corrected chi connectivity index (χ3v) is 4.87. The SMILES string of the molecule is N[C@H]1CCN([C@@H](CC(=O)OCc2ccccc2)C(=O)N2CCOCC2)C1=O. The first-order valence-electron chi connectivity index (χ1n) is 9.18. The maximum absolute atomic E-state index is 13.0. The van der Waals surface area contributed by atoms with Crippen molar-refractivity contribution < 1.29 is 23.9 Å². The van der Waals surface area contributed by atoms with Crippen LogP contribution >= 0.6 is 0 Å². The second-order valence-corrected chi connectivity index (χ2v) is 6.73. The number of benzene rings is 1. The van der Waals surface area contributed by atoms with E-state index in [0.717, 1.165) is 5.56 Å². The number of ether oxygens (including phenoxy) is 2. The summed E-state index contributed by atoms with van der Waals surface area (Å²) in [4.78, 5) is 40.8. The van der Waals surface area contributed by atoms with Gasteiger partial charge >= 0.3 is 5.97 Å². The average molecular weight is 375 g/mol. The monoisotopic (exact) mass is 375 g/mol. The Morgan fingerprint density at radius 1 is 1.19 bits per heavy atom. The Kier molecular flexibility index (Phi) is 6.41. The minimum absolute atomic E-state index is 0.131. The lowest BCUT2D eigenvalue weighted by Crippen LogP contribution is -2.54. The molecule has 0 saturated carbocycles. The van der Waals surface area contributed by atoms with Crippen LogP contribution in [0.2, 0.25) is 0 Å². The van der Waals surface area contributed by atoms with Gasteiger partial charge in [0.2, 0.25) is 11.8 Å². The number of amides is 2. The molecule has 8 nitrogen and oxygen atoms in total. The molecule has 2 amide bonds. The minimum Gasteiger partial charge on any atom is -0.461 e. The first kappa shape index (κ1) is 19.3. The first-order chi connectivity index (χ1) is 13.1. The fourth-order valence-electron chi connectivity index (χ4n) is 3.31. The smallest absolute Gasteiger partial charge is 0.308 e. The van der Waals surface area contributed by atoms with E-state index in [9.17, 15) is 14.4 Å². The van der Waals surface area contributed by atoms with Crippen LogP contribution in [0.5, 0.6) is 0 Å². The number of morpholine rings is 1. The summed E-state index contributed by atoms with van der Waals surface area (Å²) >= 11 is 0. The van der Waals surface area contributed by atoms with Gasteiger partial charge in [-0.3, -0.25) is 14.4 Å². The summed E-state index contributed by atoms with van der Waals surface area (Å²) in [6.45, 7) is 2.29. The maximum Gasteiger partial charge on any atom is 0.308 e. The molecule has 1 aromatic rings. The van der Waals surface area contributed by atoms with Crippen LogP contribution in [-0.4, -0.2) is 72.5 Å². The number of esters is 1. The third kappa shape index (κ3) is 4.84. The molecule has 3 rings (SSSR count). The molecule has 8 heteroatoms. The van der Waals surface area contributed by atoms with Gasteiger partial charge in [-0.15, -0.1) is 0 Å².